The third-order valence-electron chi connectivity index (χ3n) is 1.38. The molecule has 1 rings (SSSR count). The van der Waals surface area contributed by atoms with E-state index in [1.54, 1.807) is 0 Å². The lowest BCUT2D eigenvalue weighted by Gasteiger charge is -1.85. The molecule has 0 aliphatic carbocycles. The lowest BCUT2D eigenvalue weighted by atomic mass is 10.3. The molecule has 0 aromatic heterocycles. The van der Waals surface area contributed by atoms with E-state index in [0.29, 0.717) is 0 Å². The van der Waals surface area contributed by atoms with Crippen LogP contribution in [0.2, 0.25) is 0 Å². The summed E-state index contributed by atoms with van der Waals surface area (Å²) in [5, 5.41) is 15.8. The van der Waals surface area contributed by atoms with Gasteiger partial charge in [0.2, 0.25) is 0 Å². The van der Waals surface area contributed by atoms with Gasteiger partial charge in [0.15, 0.2) is 0 Å². The normalized spacial score (nSPS) is 14.5. The van der Waals surface area contributed by atoms with Crippen molar-refractivity contribution in [1.29, 1.82) is 0 Å². The number of hydrogen-bond donors (Lipinski definition) is 2. The average molecular weight is 190 g/mol. The quantitative estimate of drug-likeness (QED) is 0.685. The van der Waals surface area contributed by atoms with E-state index < -0.39 is 11.9 Å². The molecule has 0 unspecified atom stereocenters. The van der Waals surface area contributed by atoms with Gasteiger partial charge in [-0.15, -0.1) is 0 Å². The van der Waals surface area contributed by atoms with Crippen LogP contribution in [0.1, 0.15) is 25.7 Å². The van der Waals surface area contributed by atoms with Crippen molar-refractivity contribution >= 4 is 11.9 Å². The summed E-state index contributed by atoms with van der Waals surface area (Å²) < 4.78 is 4.94. The molecule has 0 saturated carbocycles. The predicted octanol–water partition coefficient (Wildman–Crippen LogP) is 0.733. The summed E-state index contributed by atoms with van der Waals surface area (Å²) in [6, 6.07) is 0. The van der Waals surface area contributed by atoms with Crippen molar-refractivity contribution in [3.63, 3.8) is 0 Å². The zero-order valence-electron chi connectivity index (χ0n) is 7.36. The molecule has 5 nitrogen and oxygen atoms in total. The van der Waals surface area contributed by atoms with Crippen molar-refractivity contribution in [2.75, 3.05) is 13.2 Å². The summed E-state index contributed by atoms with van der Waals surface area (Å²) in [5.41, 5.74) is 0. The van der Waals surface area contributed by atoms with E-state index in [-0.39, 0.29) is 12.8 Å². The van der Waals surface area contributed by atoms with Gasteiger partial charge in [-0.2, -0.15) is 0 Å². The molecule has 1 aliphatic rings. The Labute approximate surface area is 76.3 Å². The van der Waals surface area contributed by atoms with Crippen LogP contribution in [0, 0.1) is 0 Å². The van der Waals surface area contributed by atoms with Gasteiger partial charge in [-0.25, -0.2) is 0 Å². The molecule has 0 aromatic rings. The third-order valence-corrected chi connectivity index (χ3v) is 1.38. The standard InChI is InChI=1S/C4H6O4.C4H8O/c5-3(6)1-2-4(7)8;1-2-4-5-3-1/h1-2H2,(H,5,6)(H,7,8);1-4H2. The van der Waals surface area contributed by atoms with E-state index in [1.165, 1.54) is 12.8 Å². The first-order valence-electron chi connectivity index (χ1n) is 4.14. The van der Waals surface area contributed by atoms with E-state index in [0.717, 1.165) is 13.2 Å². The van der Waals surface area contributed by atoms with Crippen molar-refractivity contribution in [2.24, 2.45) is 0 Å². The van der Waals surface area contributed by atoms with Gasteiger partial charge in [0.25, 0.3) is 0 Å². The van der Waals surface area contributed by atoms with Crippen molar-refractivity contribution in [2.45, 2.75) is 25.7 Å². The topological polar surface area (TPSA) is 83.8 Å². The van der Waals surface area contributed by atoms with Gasteiger partial charge in [-0.3, -0.25) is 9.59 Å². The summed E-state index contributed by atoms with van der Waals surface area (Å²) in [5.74, 6) is -2.15. The minimum absolute atomic E-state index is 0.296. The first kappa shape index (κ1) is 11.9. The monoisotopic (exact) mass is 190 g/mol. The molecular formula is C8H14O5. The maximum Gasteiger partial charge on any atom is 0.303 e. The van der Waals surface area contributed by atoms with E-state index in [2.05, 4.69) is 0 Å². The highest BCUT2D eigenvalue weighted by Gasteiger charge is 2.00. The SMILES string of the molecule is C1CCOC1.O=C(O)CCC(=O)O. The zero-order chi connectivity index (χ0) is 10.1. The van der Waals surface area contributed by atoms with E-state index in [9.17, 15) is 9.59 Å². The minimum atomic E-state index is -1.08. The minimum Gasteiger partial charge on any atom is -0.481 e. The molecule has 0 spiro atoms. The molecule has 1 heterocycles. The first-order valence-corrected chi connectivity index (χ1v) is 4.14. The van der Waals surface area contributed by atoms with Gasteiger partial charge in [0.05, 0.1) is 12.8 Å². The van der Waals surface area contributed by atoms with E-state index in [1.807, 2.05) is 0 Å². The Morgan fingerprint density at radius 3 is 1.54 bits per heavy atom. The van der Waals surface area contributed by atoms with Gasteiger partial charge >= 0.3 is 11.9 Å². The van der Waals surface area contributed by atoms with Crippen LogP contribution in [0.5, 0.6) is 0 Å². The Morgan fingerprint density at radius 1 is 1.00 bits per heavy atom. The number of rotatable bonds is 3. The van der Waals surface area contributed by atoms with Gasteiger partial charge < -0.3 is 14.9 Å². The molecule has 0 bridgehead atoms. The Kier molecular flexibility index (Phi) is 6.91. The van der Waals surface area contributed by atoms with Crippen molar-refractivity contribution in [1.82, 2.24) is 0 Å². The molecular weight excluding hydrogens is 176 g/mol. The van der Waals surface area contributed by atoms with Crippen molar-refractivity contribution in [3.05, 3.63) is 0 Å². The van der Waals surface area contributed by atoms with Crippen LogP contribution < -0.4 is 0 Å². The lowest BCUT2D eigenvalue weighted by Crippen LogP contribution is -2.00. The number of carboxylic acids is 2. The number of carbonyl (C=O) groups is 2. The average Bonchev–Trinajstić information content (AvgIpc) is 2.57. The van der Waals surface area contributed by atoms with E-state index in [4.69, 9.17) is 14.9 Å². The van der Waals surface area contributed by atoms with Crippen LogP contribution in [0.3, 0.4) is 0 Å². The van der Waals surface area contributed by atoms with Gasteiger partial charge in [0, 0.05) is 13.2 Å². The van der Waals surface area contributed by atoms with Crippen LogP contribution in [-0.4, -0.2) is 35.4 Å². The van der Waals surface area contributed by atoms with Gasteiger partial charge in [-0.05, 0) is 12.8 Å². The summed E-state index contributed by atoms with van der Waals surface area (Å²) >= 11 is 0. The molecule has 1 fully saturated rings. The summed E-state index contributed by atoms with van der Waals surface area (Å²) in [6.45, 7) is 2.00. The molecule has 76 valence electrons. The smallest absolute Gasteiger partial charge is 0.303 e. The maximum absolute atomic E-state index is 9.64. The molecule has 0 atom stereocenters. The largest absolute Gasteiger partial charge is 0.481 e. The van der Waals surface area contributed by atoms with Gasteiger partial charge in [0.1, 0.15) is 0 Å². The van der Waals surface area contributed by atoms with Crippen LogP contribution in [0.4, 0.5) is 0 Å². The molecule has 0 radical (unpaired) electrons. The summed E-state index contributed by atoms with van der Waals surface area (Å²) in [7, 11) is 0. The van der Waals surface area contributed by atoms with E-state index >= 15 is 0 Å². The fraction of sp³-hybridized carbons (Fsp3) is 0.750. The summed E-state index contributed by atoms with van der Waals surface area (Å²) in [4.78, 5) is 19.3. The van der Waals surface area contributed by atoms with Gasteiger partial charge in [-0.1, -0.05) is 0 Å². The van der Waals surface area contributed by atoms with Crippen LogP contribution in [-0.2, 0) is 14.3 Å². The molecule has 0 amide bonds. The lowest BCUT2D eigenvalue weighted by molar-refractivity contribution is -0.143. The maximum atomic E-state index is 9.64. The Hall–Kier alpha value is -1.10. The predicted molar refractivity (Wildman–Crippen MR) is 44.6 cm³/mol. The highest BCUT2D eigenvalue weighted by molar-refractivity contribution is 5.75. The number of ether oxygens (including phenoxy) is 1. The van der Waals surface area contributed by atoms with Crippen LogP contribution in [0.25, 0.3) is 0 Å². The fourth-order valence-corrected chi connectivity index (χ4v) is 0.724. The second-order valence-corrected chi connectivity index (χ2v) is 2.61. The van der Waals surface area contributed by atoms with Crippen LogP contribution in [0.15, 0.2) is 0 Å². The number of carboxylic acid groups (broad SMARTS) is 2. The molecule has 1 aliphatic heterocycles. The molecule has 2 N–H and O–H groups in total. The van der Waals surface area contributed by atoms with Crippen LogP contribution >= 0.6 is 0 Å². The summed E-state index contributed by atoms with van der Waals surface area (Å²) in [6.07, 6.45) is 1.96. The third kappa shape index (κ3) is 10.9. The zero-order valence-corrected chi connectivity index (χ0v) is 7.36. The highest BCUT2D eigenvalue weighted by Crippen LogP contribution is 1.98. The number of hydrogen-bond acceptors (Lipinski definition) is 3. The number of aliphatic carboxylic acids is 2. The molecule has 0 aromatic carbocycles. The molecule has 5 heteroatoms. The Bertz CT molecular complexity index is 140. The highest BCUT2D eigenvalue weighted by atomic mass is 16.5. The second-order valence-electron chi connectivity index (χ2n) is 2.61. The van der Waals surface area contributed by atoms with Crippen molar-refractivity contribution < 1.29 is 24.5 Å². The first-order chi connectivity index (χ1) is 6.13. The molecule has 13 heavy (non-hydrogen) atoms. The Morgan fingerprint density at radius 2 is 1.38 bits per heavy atom. The second kappa shape index (κ2) is 7.54. The Balaban J connectivity index is 0.000000243. The van der Waals surface area contributed by atoms with Crippen molar-refractivity contribution in [3.8, 4) is 0 Å². The molecule has 1 saturated heterocycles. The fourth-order valence-electron chi connectivity index (χ4n) is 0.724.